The van der Waals surface area contributed by atoms with Gasteiger partial charge in [0.2, 0.25) is 11.9 Å². The molecule has 6 rings (SSSR count). The van der Waals surface area contributed by atoms with Gasteiger partial charge in [0, 0.05) is 11.6 Å². The van der Waals surface area contributed by atoms with Gasteiger partial charge in [0.1, 0.15) is 5.82 Å². The van der Waals surface area contributed by atoms with Crippen molar-refractivity contribution in [3.63, 3.8) is 0 Å². The number of para-hydroxylation sites is 3. The number of benzene rings is 3. The van der Waals surface area contributed by atoms with Crippen LogP contribution in [0.2, 0.25) is 0 Å². The highest BCUT2D eigenvalue weighted by Gasteiger charge is 2.30. The van der Waals surface area contributed by atoms with Gasteiger partial charge in [-0.15, -0.1) is 10.2 Å². The van der Waals surface area contributed by atoms with Crippen molar-refractivity contribution in [2.24, 2.45) is 0 Å². The van der Waals surface area contributed by atoms with Gasteiger partial charge < -0.3 is 4.57 Å². The predicted octanol–water partition coefficient (Wildman–Crippen LogP) is 5.27. The molecule has 1 saturated carbocycles. The molecule has 1 fully saturated rings. The van der Waals surface area contributed by atoms with Crippen LogP contribution >= 0.6 is 11.8 Å². The highest BCUT2D eigenvalue weighted by atomic mass is 32.2. The van der Waals surface area contributed by atoms with E-state index in [-0.39, 0.29) is 11.7 Å². The van der Waals surface area contributed by atoms with Crippen molar-refractivity contribution >= 4 is 34.7 Å². The van der Waals surface area contributed by atoms with Crippen LogP contribution in [0.4, 0.5) is 5.95 Å². The number of fused-ring (bicyclic) bond motifs is 1. The van der Waals surface area contributed by atoms with Crippen LogP contribution < -0.4 is 5.32 Å². The maximum Gasteiger partial charge on any atom is 0.237 e. The number of aromatic nitrogens is 5. The second-order valence-electron chi connectivity index (χ2n) is 8.62. The Balaban J connectivity index is 1.22. The van der Waals surface area contributed by atoms with Crippen LogP contribution in [0.15, 0.2) is 90.1 Å². The van der Waals surface area contributed by atoms with E-state index >= 15 is 0 Å². The van der Waals surface area contributed by atoms with Crippen molar-refractivity contribution in [1.29, 1.82) is 0 Å². The average Bonchev–Trinajstić information content (AvgIpc) is 3.56. The molecule has 1 N–H and O–H groups in total. The molecule has 8 heteroatoms. The molecule has 1 aliphatic carbocycles. The number of carbonyl (C=O) groups is 1. The number of hydrogen-bond acceptors (Lipinski definition) is 5. The van der Waals surface area contributed by atoms with Gasteiger partial charge in [0.15, 0.2) is 5.16 Å². The number of rotatable bonds is 8. The topological polar surface area (TPSA) is 77.6 Å². The standard InChI is InChI=1S/C27H24N6OS/c34-24(29-26-28-22-13-7-8-14-23(22)33(26)21-11-5-2-6-12-21)18-35-27-31-30-25(20-15-16-20)32(27)17-19-9-3-1-4-10-19/h1-14,20H,15-18H2,(H,28,29,34). The van der Waals surface area contributed by atoms with E-state index in [1.165, 1.54) is 17.3 Å². The van der Waals surface area contributed by atoms with Crippen LogP contribution in [-0.2, 0) is 11.3 Å². The summed E-state index contributed by atoms with van der Waals surface area (Å²) < 4.78 is 4.13. The zero-order valence-electron chi connectivity index (χ0n) is 19.0. The first kappa shape index (κ1) is 21.6. The van der Waals surface area contributed by atoms with Crippen molar-refractivity contribution in [3.05, 3.63) is 96.3 Å². The monoisotopic (exact) mass is 480 g/mol. The predicted molar refractivity (Wildman–Crippen MR) is 138 cm³/mol. The summed E-state index contributed by atoms with van der Waals surface area (Å²) in [4.78, 5) is 17.7. The Labute approximate surface area is 207 Å². The third kappa shape index (κ3) is 4.57. The Bertz CT molecular complexity index is 1470. The Hall–Kier alpha value is -3.91. The Morgan fingerprint density at radius 3 is 2.40 bits per heavy atom. The summed E-state index contributed by atoms with van der Waals surface area (Å²) in [6.45, 7) is 0.702. The lowest BCUT2D eigenvalue weighted by Gasteiger charge is -2.11. The van der Waals surface area contributed by atoms with Gasteiger partial charge in [-0.05, 0) is 42.7 Å². The summed E-state index contributed by atoms with van der Waals surface area (Å²) in [5, 5.41) is 12.7. The second-order valence-corrected chi connectivity index (χ2v) is 9.56. The van der Waals surface area contributed by atoms with Crippen molar-refractivity contribution in [2.75, 3.05) is 11.1 Å². The summed E-state index contributed by atoms with van der Waals surface area (Å²) in [6, 6.07) is 28.1. The molecular formula is C27H24N6OS. The molecule has 0 spiro atoms. The number of nitrogens with one attached hydrogen (secondary N) is 1. The van der Waals surface area contributed by atoms with Crippen LogP contribution in [0.5, 0.6) is 0 Å². The molecule has 1 aliphatic rings. The molecule has 35 heavy (non-hydrogen) atoms. The molecule has 0 radical (unpaired) electrons. The van der Waals surface area contributed by atoms with E-state index in [0.717, 1.165) is 40.5 Å². The summed E-state index contributed by atoms with van der Waals surface area (Å²) >= 11 is 1.41. The molecule has 2 aromatic heterocycles. The highest BCUT2D eigenvalue weighted by Crippen LogP contribution is 2.40. The minimum absolute atomic E-state index is 0.135. The summed E-state index contributed by atoms with van der Waals surface area (Å²) in [6.07, 6.45) is 2.29. The lowest BCUT2D eigenvalue weighted by Crippen LogP contribution is -2.18. The molecule has 0 unspecified atom stereocenters. The molecule has 0 aliphatic heterocycles. The zero-order chi connectivity index (χ0) is 23.6. The first-order valence-electron chi connectivity index (χ1n) is 11.7. The van der Waals surface area contributed by atoms with E-state index in [1.54, 1.807) is 0 Å². The minimum Gasteiger partial charge on any atom is -0.301 e. The Morgan fingerprint density at radius 2 is 1.63 bits per heavy atom. The van der Waals surface area contributed by atoms with Gasteiger partial charge in [-0.25, -0.2) is 4.98 Å². The molecule has 0 bridgehead atoms. The second kappa shape index (κ2) is 9.38. The smallest absolute Gasteiger partial charge is 0.237 e. The fourth-order valence-corrected chi connectivity index (χ4v) is 4.95. The van der Waals surface area contributed by atoms with Crippen molar-refractivity contribution < 1.29 is 4.79 Å². The number of carbonyl (C=O) groups excluding carboxylic acids is 1. The van der Waals surface area contributed by atoms with E-state index in [9.17, 15) is 4.79 Å². The van der Waals surface area contributed by atoms with Crippen LogP contribution in [0.3, 0.4) is 0 Å². The third-order valence-corrected chi connectivity index (χ3v) is 7.00. The molecule has 174 valence electrons. The summed E-state index contributed by atoms with van der Waals surface area (Å²) in [5.74, 6) is 2.08. The molecule has 2 heterocycles. The number of hydrogen-bond donors (Lipinski definition) is 1. The molecular weight excluding hydrogens is 456 g/mol. The van der Waals surface area contributed by atoms with E-state index in [1.807, 2.05) is 77.4 Å². The molecule has 3 aromatic carbocycles. The van der Waals surface area contributed by atoms with Gasteiger partial charge in [-0.2, -0.15) is 0 Å². The fourth-order valence-electron chi connectivity index (χ4n) is 4.20. The molecule has 0 atom stereocenters. The quantitative estimate of drug-likeness (QED) is 0.306. The van der Waals surface area contributed by atoms with E-state index < -0.39 is 0 Å². The number of anilines is 1. The first-order chi connectivity index (χ1) is 17.3. The SMILES string of the molecule is O=C(CSc1nnc(C2CC2)n1Cc1ccccc1)Nc1nc2ccccc2n1-c1ccccc1. The van der Waals surface area contributed by atoms with Gasteiger partial charge in [0.25, 0.3) is 0 Å². The number of nitrogens with zero attached hydrogens (tertiary/aromatic N) is 5. The van der Waals surface area contributed by atoms with Gasteiger partial charge in [-0.1, -0.05) is 72.4 Å². The van der Waals surface area contributed by atoms with Crippen molar-refractivity contribution in [3.8, 4) is 5.69 Å². The Morgan fingerprint density at radius 1 is 0.914 bits per heavy atom. The van der Waals surface area contributed by atoms with Crippen molar-refractivity contribution in [2.45, 2.75) is 30.5 Å². The largest absolute Gasteiger partial charge is 0.301 e. The van der Waals surface area contributed by atoms with Crippen LogP contribution in [0.1, 0.15) is 30.1 Å². The normalized spacial score (nSPS) is 13.3. The zero-order valence-corrected chi connectivity index (χ0v) is 19.9. The molecule has 0 saturated heterocycles. The molecule has 5 aromatic rings. The summed E-state index contributed by atoms with van der Waals surface area (Å²) in [5.41, 5.74) is 3.91. The van der Waals surface area contributed by atoms with E-state index in [0.29, 0.717) is 18.4 Å². The Kier molecular flexibility index (Phi) is 5.79. The third-order valence-electron chi connectivity index (χ3n) is 6.03. The van der Waals surface area contributed by atoms with Gasteiger partial charge in [-0.3, -0.25) is 14.7 Å². The fraction of sp³-hybridized carbons (Fsp3) is 0.185. The lowest BCUT2D eigenvalue weighted by molar-refractivity contribution is -0.113. The number of imidazole rings is 1. The highest BCUT2D eigenvalue weighted by molar-refractivity contribution is 7.99. The molecule has 7 nitrogen and oxygen atoms in total. The maximum atomic E-state index is 13.0. The van der Waals surface area contributed by atoms with E-state index in [2.05, 4.69) is 37.2 Å². The van der Waals surface area contributed by atoms with Crippen molar-refractivity contribution in [1.82, 2.24) is 24.3 Å². The van der Waals surface area contributed by atoms with Gasteiger partial charge in [0.05, 0.1) is 23.3 Å². The minimum atomic E-state index is -0.135. The number of thioether (sulfide) groups is 1. The maximum absolute atomic E-state index is 13.0. The molecule has 1 amide bonds. The van der Waals surface area contributed by atoms with Gasteiger partial charge >= 0.3 is 0 Å². The lowest BCUT2D eigenvalue weighted by atomic mass is 10.2. The number of amides is 1. The van der Waals surface area contributed by atoms with Crippen LogP contribution in [-0.4, -0.2) is 36.0 Å². The first-order valence-corrected chi connectivity index (χ1v) is 12.7. The average molecular weight is 481 g/mol. The van der Waals surface area contributed by atoms with E-state index in [4.69, 9.17) is 0 Å². The van der Waals surface area contributed by atoms with Crippen LogP contribution in [0, 0.1) is 0 Å². The van der Waals surface area contributed by atoms with Crippen LogP contribution in [0.25, 0.3) is 16.7 Å². The summed E-state index contributed by atoms with van der Waals surface area (Å²) in [7, 11) is 0.